The summed E-state index contributed by atoms with van der Waals surface area (Å²) in [5.41, 5.74) is 1.70. The molecular weight excluding hydrogens is 351 g/mol. The minimum absolute atomic E-state index is 0.378. The molecule has 3 aromatic rings. The molecule has 17 heavy (non-hydrogen) atoms. The van der Waals surface area contributed by atoms with E-state index < -0.39 is 0 Å². The highest BCUT2D eigenvalue weighted by atomic mass is 127. The lowest BCUT2D eigenvalue weighted by atomic mass is 10.4. The SMILES string of the molecule is Clc1cc2c(ccn2-c2ccc(I)cn2)nn1. The van der Waals surface area contributed by atoms with Crippen LogP contribution in [-0.2, 0) is 0 Å². The van der Waals surface area contributed by atoms with Gasteiger partial charge >= 0.3 is 0 Å². The normalized spacial score (nSPS) is 10.9. The number of nitrogens with zero attached hydrogens (tertiary/aromatic N) is 4. The van der Waals surface area contributed by atoms with Gasteiger partial charge in [-0.1, -0.05) is 11.6 Å². The van der Waals surface area contributed by atoms with E-state index in [1.807, 2.05) is 35.2 Å². The lowest BCUT2D eigenvalue weighted by Gasteiger charge is -2.03. The molecular formula is C11H6ClIN4. The first-order valence-corrected chi connectivity index (χ1v) is 6.32. The Balaban J connectivity index is 2.23. The number of hydrogen-bond acceptors (Lipinski definition) is 3. The Labute approximate surface area is 116 Å². The van der Waals surface area contributed by atoms with Crippen molar-refractivity contribution in [3.8, 4) is 5.82 Å². The average molecular weight is 357 g/mol. The van der Waals surface area contributed by atoms with Crippen LogP contribution in [0.25, 0.3) is 16.9 Å². The molecule has 0 saturated heterocycles. The Morgan fingerprint density at radius 1 is 1.18 bits per heavy atom. The number of aromatic nitrogens is 4. The molecule has 0 spiro atoms. The van der Waals surface area contributed by atoms with E-state index in [-0.39, 0.29) is 0 Å². The number of hydrogen-bond donors (Lipinski definition) is 0. The Kier molecular flexibility index (Phi) is 2.71. The van der Waals surface area contributed by atoms with Gasteiger partial charge in [-0.3, -0.25) is 4.57 Å². The molecule has 0 amide bonds. The molecule has 0 atom stereocenters. The molecule has 6 heteroatoms. The van der Waals surface area contributed by atoms with Gasteiger partial charge in [0.25, 0.3) is 0 Å². The van der Waals surface area contributed by atoms with Gasteiger partial charge in [-0.25, -0.2) is 4.98 Å². The second kappa shape index (κ2) is 4.23. The fourth-order valence-electron chi connectivity index (χ4n) is 1.62. The molecule has 0 saturated carbocycles. The summed E-state index contributed by atoms with van der Waals surface area (Å²) >= 11 is 8.07. The van der Waals surface area contributed by atoms with Crippen LogP contribution in [0.5, 0.6) is 0 Å². The first-order chi connectivity index (χ1) is 8.24. The third-order valence-corrected chi connectivity index (χ3v) is 3.19. The molecule has 3 rings (SSSR count). The van der Waals surface area contributed by atoms with Crippen LogP contribution in [0.2, 0.25) is 5.15 Å². The van der Waals surface area contributed by atoms with Crippen molar-refractivity contribution in [2.24, 2.45) is 0 Å². The van der Waals surface area contributed by atoms with Crippen LogP contribution in [0.4, 0.5) is 0 Å². The monoisotopic (exact) mass is 356 g/mol. The molecule has 0 N–H and O–H groups in total. The van der Waals surface area contributed by atoms with E-state index in [0.717, 1.165) is 20.4 Å². The van der Waals surface area contributed by atoms with Gasteiger partial charge in [-0.2, -0.15) is 0 Å². The van der Waals surface area contributed by atoms with E-state index in [4.69, 9.17) is 11.6 Å². The maximum atomic E-state index is 5.85. The van der Waals surface area contributed by atoms with Crippen LogP contribution in [0.15, 0.2) is 36.7 Å². The first-order valence-electron chi connectivity index (χ1n) is 4.86. The second-order valence-electron chi connectivity index (χ2n) is 3.46. The van der Waals surface area contributed by atoms with Gasteiger partial charge in [0.1, 0.15) is 11.3 Å². The average Bonchev–Trinajstić information content (AvgIpc) is 2.73. The molecule has 3 heterocycles. The molecule has 4 nitrogen and oxygen atoms in total. The van der Waals surface area contributed by atoms with Crippen LogP contribution in [0.3, 0.4) is 0 Å². The molecule has 0 radical (unpaired) electrons. The lowest BCUT2D eigenvalue weighted by molar-refractivity contribution is 1.03. The largest absolute Gasteiger partial charge is 0.299 e. The number of rotatable bonds is 1. The van der Waals surface area contributed by atoms with Crippen molar-refractivity contribution in [3.63, 3.8) is 0 Å². The topological polar surface area (TPSA) is 43.6 Å². The summed E-state index contributed by atoms with van der Waals surface area (Å²) in [5, 5.41) is 8.20. The molecule has 0 aliphatic rings. The van der Waals surface area contributed by atoms with Crippen molar-refractivity contribution in [1.82, 2.24) is 19.7 Å². The van der Waals surface area contributed by atoms with Gasteiger partial charge < -0.3 is 0 Å². The van der Waals surface area contributed by atoms with Gasteiger partial charge in [0.15, 0.2) is 5.15 Å². The predicted molar refractivity (Wildman–Crippen MR) is 74.4 cm³/mol. The van der Waals surface area contributed by atoms with E-state index in [1.165, 1.54) is 0 Å². The lowest BCUT2D eigenvalue weighted by Crippen LogP contribution is -1.96. The van der Waals surface area contributed by atoms with Crippen molar-refractivity contribution in [2.75, 3.05) is 0 Å². The highest BCUT2D eigenvalue weighted by Crippen LogP contribution is 2.19. The minimum atomic E-state index is 0.378. The van der Waals surface area contributed by atoms with Gasteiger partial charge in [0.2, 0.25) is 0 Å². The second-order valence-corrected chi connectivity index (χ2v) is 5.09. The Bertz CT molecular complexity index is 678. The van der Waals surface area contributed by atoms with Gasteiger partial charge in [-0.15, -0.1) is 10.2 Å². The smallest absolute Gasteiger partial charge is 0.153 e. The highest BCUT2D eigenvalue weighted by molar-refractivity contribution is 14.1. The first kappa shape index (κ1) is 10.9. The predicted octanol–water partition coefficient (Wildman–Crippen LogP) is 3.07. The fourth-order valence-corrected chi connectivity index (χ4v) is 2.08. The summed E-state index contributed by atoms with van der Waals surface area (Å²) < 4.78 is 3.03. The Hall–Kier alpha value is -1.21. The van der Waals surface area contributed by atoms with Gasteiger partial charge in [-0.05, 0) is 40.8 Å². The van der Waals surface area contributed by atoms with Crippen molar-refractivity contribution < 1.29 is 0 Å². The van der Waals surface area contributed by atoms with Crippen LogP contribution < -0.4 is 0 Å². The summed E-state index contributed by atoms with van der Waals surface area (Å²) in [6.07, 6.45) is 3.73. The highest BCUT2D eigenvalue weighted by Gasteiger charge is 2.06. The molecule has 84 valence electrons. The van der Waals surface area contributed by atoms with Crippen molar-refractivity contribution in [1.29, 1.82) is 0 Å². The molecule has 3 aromatic heterocycles. The molecule has 0 fully saturated rings. The van der Waals surface area contributed by atoms with Gasteiger partial charge in [0.05, 0.1) is 5.52 Å². The van der Waals surface area contributed by atoms with E-state index >= 15 is 0 Å². The number of halogens is 2. The van der Waals surface area contributed by atoms with Crippen LogP contribution in [-0.4, -0.2) is 19.7 Å². The standard InChI is InChI=1S/C11H6ClIN4/c12-10-5-9-8(15-16-10)3-4-17(9)11-2-1-7(13)6-14-11/h1-6H. The summed E-state index contributed by atoms with van der Waals surface area (Å²) in [4.78, 5) is 4.36. The van der Waals surface area contributed by atoms with E-state index in [1.54, 1.807) is 6.07 Å². The Morgan fingerprint density at radius 3 is 2.82 bits per heavy atom. The number of fused-ring (bicyclic) bond motifs is 1. The van der Waals surface area contributed by atoms with Crippen LogP contribution in [0.1, 0.15) is 0 Å². The molecule has 0 aliphatic carbocycles. The summed E-state index contributed by atoms with van der Waals surface area (Å²) in [5.74, 6) is 0.837. The fraction of sp³-hybridized carbons (Fsp3) is 0. The van der Waals surface area contributed by atoms with Crippen molar-refractivity contribution in [3.05, 3.63) is 45.4 Å². The number of pyridine rings is 1. The molecule has 0 aromatic carbocycles. The molecule has 0 aliphatic heterocycles. The quantitative estimate of drug-likeness (QED) is 0.629. The third kappa shape index (κ3) is 2.00. The van der Waals surface area contributed by atoms with Crippen molar-refractivity contribution >= 4 is 45.2 Å². The zero-order valence-electron chi connectivity index (χ0n) is 8.51. The zero-order valence-corrected chi connectivity index (χ0v) is 11.4. The molecule has 0 bridgehead atoms. The third-order valence-electron chi connectivity index (χ3n) is 2.37. The van der Waals surface area contributed by atoms with E-state index in [0.29, 0.717) is 5.15 Å². The maximum absolute atomic E-state index is 5.85. The summed E-state index contributed by atoms with van der Waals surface area (Å²) in [6.45, 7) is 0. The van der Waals surface area contributed by atoms with Crippen molar-refractivity contribution in [2.45, 2.75) is 0 Å². The summed E-state index contributed by atoms with van der Waals surface area (Å²) in [7, 11) is 0. The Morgan fingerprint density at radius 2 is 2.06 bits per heavy atom. The van der Waals surface area contributed by atoms with Crippen LogP contribution in [0, 0.1) is 3.57 Å². The minimum Gasteiger partial charge on any atom is -0.299 e. The van der Waals surface area contributed by atoms with Crippen LogP contribution >= 0.6 is 34.2 Å². The maximum Gasteiger partial charge on any atom is 0.153 e. The van der Waals surface area contributed by atoms with Gasteiger partial charge in [0, 0.05) is 22.0 Å². The zero-order chi connectivity index (χ0) is 11.8. The summed E-state index contributed by atoms with van der Waals surface area (Å²) in [6, 6.07) is 7.63. The van der Waals surface area contributed by atoms with E-state index in [9.17, 15) is 0 Å². The van der Waals surface area contributed by atoms with E-state index in [2.05, 4.69) is 37.8 Å². The molecule has 0 unspecified atom stereocenters.